The summed E-state index contributed by atoms with van der Waals surface area (Å²) in [5, 5.41) is 0. The van der Waals surface area contributed by atoms with Crippen LogP contribution in [-0.4, -0.2) is 31.8 Å². The molecular weight excluding hydrogens is 206 g/mol. The number of ether oxygens (including phenoxy) is 2. The highest BCUT2D eigenvalue weighted by Crippen LogP contribution is 2.36. The molecule has 0 amide bonds. The molecule has 0 heterocycles. The van der Waals surface area contributed by atoms with Crippen LogP contribution in [0.4, 0.5) is 0 Å². The van der Waals surface area contributed by atoms with E-state index in [0.717, 1.165) is 25.7 Å². The van der Waals surface area contributed by atoms with E-state index in [1.807, 2.05) is 0 Å². The highest BCUT2D eigenvalue weighted by atomic mass is 16.5. The molecule has 1 atom stereocenters. The number of rotatable bonds is 4. The van der Waals surface area contributed by atoms with E-state index in [-0.39, 0.29) is 18.7 Å². The van der Waals surface area contributed by atoms with Crippen LogP contribution in [0.1, 0.15) is 39.5 Å². The lowest BCUT2D eigenvalue weighted by Crippen LogP contribution is -2.39. The lowest BCUT2D eigenvalue weighted by molar-refractivity contribution is -0.154. The third-order valence-corrected chi connectivity index (χ3v) is 3.22. The van der Waals surface area contributed by atoms with Crippen LogP contribution in [0.5, 0.6) is 0 Å². The van der Waals surface area contributed by atoms with E-state index < -0.39 is 6.04 Å². The molecule has 2 N–H and O–H groups in total. The van der Waals surface area contributed by atoms with Crippen molar-refractivity contribution in [3.63, 3.8) is 0 Å². The van der Waals surface area contributed by atoms with Gasteiger partial charge in [0.05, 0.1) is 6.61 Å². The van der Waals surface area contributed by atoms with Gasteiger partial charge in [0.25, 0.3) is 0 Å². The molecule has 4 nitrogen and oxygen atoms in total. The van der Waals surface area contributed by atoms with Crippen LogP contribution in [0.15, 0.2) is 0 Å². The van der Waals surface area contributed by atoms with E-state index in [4.69, 9.17) is 15.2 Å². The minimum Gasteiger partial charge on any atom is -0.461 e. The normalized spacial score (nSPS) is 22.8. The minimum atomic E-state index is -0.653. The van der Waals surface area contributed by atoms with Crippen LogP contribution in [0.2, 0.25) is 0 Å². The van der Waals surface area contributed by atoms with Gasteiger partial charge >= 0.3 is 5.97 Å². The fraction of sp³-hybridized carbons (Fsp3) is 0.917. The fourth-order valence-corrected chi connectivity index (χ4v) is 1.99. The molecule has 1 unspecified atom stereocenters. The summed E-state index contributed by atoms with van der Waals surface area (Å²) < 4.78 is 10.2. The van der Waals surface area contributed by atoms with Gasteiger partial charge in [0.2, 0.25) is 0 Å². The molecule has 4 heteroatoms. The highest BCUT2D eigenvalue weighted by Gasteiger charge is 2.29. The van der Waals surface area contributed by atoms with Gasteiger partial charge in [-0.3, -0.25) is 4.79 Å². The minimum absolute atomic E-state index is 0.0448. The van der Waals surface area contributed by atoms with Crippen molar-refractivity contribution in [1.29, 1.82) is 0 Å². The molecule has 0 radical (unpaired) electrons. The lowest BCUT2D eigenvalue weighted by atomic mass is 9.76. The average Bonchev–Trinajstić information content (AvgIpc) is 2.21. The van der Waals surface area contributed by atoms with Gasteiger partial charge in [-0.25, -0.2) is 0 Å². The Labute approximate surface area is 97.5 Å². The standard InChI is InChI=1S/C12H23NO3/c1-12(2)6-4-9(5-7-12)16-11(14)10(13)8-15-3/h9-10H,4-8,13H2,1-3H3. The molecule has 0 aliphatic heterocycles. The first-order valence-corrected chi connectivity index (χ1v) is 5.89. The van der Waals surface area contributed by atoms with E-state index >= 15 is 0 Å². The zero-order chi connectivity index (χ0) is 12.2. The molecule has 1 fully saturated rings. The van der Waals surface area contributed by atoms with Crippen LogP contribution in [0.3, 0.4) is 0 Å². The first-order chi connectivity index (χ1) is 7.44. The number of esters is 1. The summed E-state index contributed by atoms with van der Waals surface area (Å²) in [5.74, 6) is -0.341. The van der Waals surface area contributed by atoms with E-state index in [9.17, 15) is 4.79 Å². The van der Waals surface area contributed by atoms with Gasteiger partial charge in [-0.2, -0.15) is 0 Å². The van der Waals surface area contributed by atoms with Crippen molar-refractivity contribution in [2.24, 2.45) is 11.1 Å². The van der Waals surface area contributed by atoms with Crippen molar-refractivity contribution in [2.45, 2.75) is 51.7 Å². The summed E-state index contributed by atoms with van der Waals surface area (Å²) in [6, 6.07) is -0.653. The Morgan fingerprint density at radius 3 is 2.50 bits per heavy atom. The lowest BCUT2D eigenvalue weighted by Gasteiger charge is -2.34. The average molecular weight is 229 g/mol. The van der Waals surface area contributed by atoms with Gasteiger partial charge in [-0.05, 0) is 31.1 Å². The monoisotopic (exact) mass is 229 g/mol. The second kappa shape index (κ2) is 5.64. The Morgan fingerprint density at radius 2 is 2.00 bits per heavy atom. The van der Waals surface area contributed by atoms with Crippen LogP contribution in [-0.2, 0) is 14.3 Å². The Balaban J connectivity index is 2.31. The predicted octanol–water partition coefficient (Wildman–Crippen LogP) is 1.47. The molecule has 1 rings (SSSR count). The van der Waals surface area contributed by atoms with E-state index in [1.165, 1.54) is 7.11 Å². The van der Waals surface area contributed by atoms with Gasteiger partial charge < -0.3 is 15.2 Å². The molecule has 1 saturated carbocycles. The Hall–Kier alpha value is -0.610. The van der Waals surface area contributed by atoms with Crippen molar-refractivity contribution in [3.8, 4) is 0 Å². The van der Waals surface area contributed by atoms with Gasteiger partial charge in [0.1, 0.15) is 12.1 Å². The van der Waals surface area contributed by atoms with E-state index in [0.29, 0.717) is 5.41 Å². The maximum Gasteiger partial charge on any atom is 0.325 e. The molecule has 0 aromatic heterocycles. The molecule has 1 aliphatic rings. The van der Waals surface area contributed by atoms with Crippen molar-refractivity contribution in [3.05, 3.63) is 0 Å². The number of nitrogens with two attached hydrogens (primary N) is 1. The highest BCUT2D eigenvalue weighted by molar-refractivity contribution is 5.75. The molecule has 94 valence electrons. The molecule has 0 bridgehead atoms. The van der Waals surface area contributed by atoms with Crippen molar-refractivity contribution < 1.29 is 14.3 Å². The Bertz CT molecular complexity index is 230. The van der Waals surface area contributed by atoms with Crippen molar-refractivity contribution >= 4 is 5.97 Å². The molecule has 1 aliphatic carbocycles. The number of methoxy groups -OCH3 is 1. The quantitative estimate of drug-likeness (QED) is 0.742. The number of carbonyl (C=O) groups is 1. The summed E-state index contributed by atoms with van der Waals surface area (Å²) in [7, 11) is 1.52. The van der Waals surface area contributed by atoms with Crippen LogP contribution < -0.4 is 5.73 Å². The van der Waals surface area contributed by atoms with Gasteiger partial charge in [-0.15, -0.1) is 0 Å². The van der Waals surface area contributed by atoms with Crippen LogP contribution in [0.25, 0.3) is 0 Å². The summed E-state index contributed by atoms with van der Waals surface area (Å²) >= 11 is 0. The van der Waals surface area contributed by atoms with Crippen LogP contribution >= 0.6 is 0 Å². The molecule has 0 spiro atoms. The summed E-state index contributed by atoms with van der Waals surface area (Å²) in [5.41, 5.74) is 5.99. The Morgan fingerprint density at radius 1 is 1.44 bits per heavy atom. The second-order valence-corrected chi connectivity index (χ2v) is 5.36. The summed E-state index contributed by atoms with van der Waals surface area (Å²) in [4.78, 5) is 11.5. The third-order valence-electron chi connectivity index (χ3n) is 3.22. The van der Waals surface area contributed by atoms with Gasteiger partial charge in [0, 0.05) is 7.11 Å². The second-order valence-electron chi connectivity index (χ2n) is 5.36. The molecule has 0 aromatic rings. The largest absolute Gasteiger partial charge is 0.461 e. The number of carbonyl (C=O) groups excluding carboxylic acids is 1. The molecule has 0 saturated heterocycles. The fourth-order valence-electron chi connectivity index (χ4n) is 1.99. The molecule has 0 aromatic carbocycles. The van der Waals surface area contributed by atoms with E-state index in [2.05, 4.69) is 13.8 Å². The molecular formula is C12H23NO3. The topological polar surface area (TPSA) is 61.5 Å². The number of hydrogen-bond acceptors (Lipinski definition) is 4. The van der Waals surface area contributed by atoms with Crippen LogP contribution in [0, 0.1) is 5.41 Å². The first kappa shape index (κ1) is 13.5. The third kappa shape index (κ3) is 4.10. The predicted molar refractivity (Wildman–Crippen MR) is 62.0 cm³/mol. The molecule has 16 heavy (non-hydrogen) atoms. The van der Waals surface area contributed by atoms with E-state index in [1.54, 1.807) is 0 Å². The smallest absolute Gasteiger partial charge is 0.325 e. The van der Waals surface area contributed by atoms with Gasteiger partial charge in [-0.1, -0.05) is 13.8 Å². The maximum atomic E-state index is 11.5. The zero-order valence-corrected chi connectivity index (χ0v) is 10.5. The maximum absolute atomic E-state index is 11.5. The Kier molecular flexibility index (Phi) is 4.74. The van der Waals surface area contributed by atoms with Gasteiger partial charge in [0.15, 0.2) is 0 Å². The SMILES string of the molecule is COCC(N)C(=O)OC1CCC(C)(C)CC1. The van der Waals surface area contributed by atoms with Crippen molar-refractivity contribution in [2.75, 3.05) is 13.7 Å². The number of hydrogen-bond donors (Lipinski definition) is 1. The van der Waals surface area contributed by atoms with Crippen molar-refractivity contribution in [1.82, 2.24) is 0 Å². The summed E-state index contributed by atoms with van der Waals surface area (Å²) in [6.45, 7) is 4.72. The first-order valence-electron chi connectivity index (χ1n) is 5.89. The summed E-state index contributed by atoms with van der Waals surface area (Å²) in [6.07, 6.45) is 4.13. The zero-order valence-electron chi connectivity index (χ0n) is 10.5.